The Labute approximate surface area is 112 Å². The van der Waals surface area contributed by atoms with Crippen molar-refractivity contribution in [2.24, 2.45) is 11.8 Å². The minimum atomic E-state index is -3.56. The van der Waals surface area contributed by atoms with Gasteiger partial charge in [0.05, 0.1) is 4.90 Å². The molecule has 2 heterocycles. The van der Waals surface area contributed by atoms with Gasteiger partial charge in [-0.3, -0.25) is 0 Å². The van der Waals surface area contributed by atoms with Crippen LogP contribution in [-0.4, -0.2) is 38.9 Å². The Bertz CT molecular complexity index is 570. The maximum absolute atomic E-state index is 13.4. The van der Waals surface area contributed by atoms with Gasteiger partial charge in [-0.15, -0.1) is 0 Å². The van der Waals surface area contributed by atoms with Crippen molar-refractivity contribution >= 4 is 10.0 Å². The fourth-order valence-corrected chi connectivity index (χ4v) is 4.68. The van der Waals surface area contributed by atoms with Crippen molar-refractivity contribution in [3.05, 3.63) is 29.6 Å². The van der Waals surface area contributed by atoms with Crippen LogP contribution in [-0.2, 0) is 10.0 Å². The summed E-state index contributed by atoms with van der Waals surface area (Å²) in [5.41, 5.74) is 0.625. The average Bonchev–Trinajstić information content (AvgIpc) is 2.87. The molecular formula is C13H17FN2O2S. The zero-order chi connectivity index (χ0) is 13.6. The number of hydrogen-bond donors (Lipinski definition) is 1. The lowest BCUT2D eigenvalue weighted by molar-refractivity contribution is 0.447. The van der Waals surface area contributed by atoms with Gasteiger partial charge in [-0.2, -0.15) is 4.31 Å². The first-order valence-electron chi connectivity index (χ1n) is 6.45. The lowest BCUT2D eigenvalue weighted by Gasteiger charge is -2.17. The molecule has 0 spiro atoms. The molecule has 2 atom stereocenters. The van der Waals surface area contributed by atoms with Gasteiger partial charge in [0, 0.05) is 13.1 Å². The van der Waals surface area contributed by atoms with Crippen LogP contribution in [0.25, 0.3) is 0 Å². The fraction of sp³-hybridized carbons (Fsp3) is 0.538. The summed E-state index contributed by atoms with van der Waals surface area (Å²) in [5.74, 6) is 0.286. The maximum Gasteiger partial charge on any atom is 0.243 e. The molecule has 2 aliphatic rings. The molecule has 2 saturated heterocycles. The summed E-state index contributed by atoms with van der Waals surface area (Å²) in [7, 11) is -3.56. The summed E-state index contributed by atoms with van der Waals surface area (Å²) in [6.07, 6.45) is 0. The van der Waals surface area contributed by atoms with E-state index in [-0.39, 0.29) is 4.90 Å². The zero-order valence-corrected chi connectivity index (χ0v) is 11.6. The van der Waals surface area contributed by atoms with E-state index in [9.17, 15) is 12.8 Å². The van der Waals surface area contributed by atoms with Crippen molar-refractivity contribution in [3.8, 4) is 0 Å². The highest BCUT2D eigenvalue weighted by molar-refractivity contribution is 7.89. The number of fused-ring (bicyclic) bond motifs is 1. The summed E-state index contributed by atoms with van der Waals surface area (Å²) >= 11 is 0. The molecule has 0 unspecified atom stereocenters. The zero-order valence-electron chi connectivity index (χ0n) is 10.8. The number of benzene rings is 1. The van der Waals surface area contributed by atoms with Crippen LogP contribution in [0.4, 0.5) is 4.39 Å². The van der Waals surface area contributed by atoms with E-state index in [1.807, 2.05) is 0 Å². The van der Waals surface area contributed by atoms with E-state index in [4.69, 9.17) is 0 Å². The van der Waals surface area contributed by atoms with Crippen molar-refractivity contribution in [2.45, 2.75) is 11.8 Å². The van der Waals surface area contributed by atoms with Gasteiger partial charge < -0.3 is 5.32 Å². The molecule has 0 aromatic heterocycles. The monoisotopic (exact) mass is 284 g/mol. The summed E-state index contributed by atoms with van der Waals surface area (Å²) in [5, 5.41) is 3.27. The molecule has 104 valence electrons. The van der Waals surface area contributed by atoms with E-state index in [2.05, 4.69) is 5.32 Å². The predicted octanol–water partition coefficient (Wildman–Crippen LogP) is 0.974. The van der Waals surface area contributed by atoms with Gasteiger partial charge in [0.2, 0.25) is 10.0 Å². The molecule has 0 radical (unpaired) electrons. The van der Waals surface area contributed by atoms with Gasteiger partial charge in [-0.1, -0.05) is 0 Å². The predicted molar refractivity (Wildman–Crippen MR) is 69.7 cm³/mol. The molecule has 2 fully saturated rings. The van der Waals surface area contributed by atoms with Crippen molar-refractivity contribution < 1.29 is 12.8 Å². The largest absolute Gasteiger partial charge is 0.316 e. The Balaban J connectivity index is 1.91. The molecule has 3 rings (SSSR count). The second-order valence-electron chi connectivity index (χ2n) is 5.46. The van der Waals surface area contributed by atoms with Crippen molar-refractivity contribution in [3.63, 3.8) is 0 Å². The Kier molecular flexibility index (Phi) is 3.11. The third-order valence-electron chi connectivity index (χ3n) is 4.01. The summed E-state index contributed by atoms with van der Waals surface area (Å²) in [6.45, 7) is 4.52. The van der Waals surface area contributed by atoms with E-state index in [1.54, 1.807) is 6.92 Å². The molecule has 0 amide bonds. The number of aryl methyl sites for hydroxylation is 1. The molecule has 2 aliphatic heterocycles. The van der Waals surface area contributed by atoms with E-state index in [0.29, 0.717) is 30.5 Å². The molecule has 0 bridgehead atoms. The number of hydrogen-bond acceptors (Lipinski definition) is 3. The van der Waals surface area contributed by atoms with Crippen LogP contribution in [0.5, 0.6) is 0 Å². The molecule has 6 heteroatoms. The summed E-state index contributed by atoms with van der Waals surface area (Å²) in [6, 6.07) is 3.97. The van der Waals surface area contributed by atoms with Crippen LogP contribution >= 0.6 is 0 Å². The normalized spacial score (nSPS) is 27.7. The summed E-state index contributed by atoms with van der Waals surface area (Å²) < 4.78 is 39.9. The van der Waals surface area contributed by atoms with Crippen molar-refractivity contribution in [2.75, 3.05) is 26.2 Å². The molecule has 1 N–H and O–H groups in total. The SMILES string of the molecule is Cc1cc(F)cc(S(=O)(=O)N2C[C@H]3CNC[C@H]3C2)c1. The van der Waals surface area contributed by atoms with Crippen LogP contribution in [0, 0.1) is 24.6 Å². The number of nitrogens with zero attached hydrogens (tertiary/aromatic N) is 1. The standard InChI is InChI=1S/C13H17FN2O2S/c1-9-2-12(14)4-13(3-9)19(17,18)16-7-10-5-15-6-11(10)8-16/h2-4,10-11,15H,5-8H2,1H3/t10-,11+. The molecule has 0 aliphatic carbocycles. The van der Waals surface area contributed by atoms with E-state index in [0.717, 1.165) is 19.2 Å². The van der Waals surface area contributed by atoms with E-state index in [1.165, 1.54) is 16.4 Å². The van der Waals surface area contributed by atoms with E-state index >= 15 is 0 Å². The van der Waals surface area contributed by atoms with Crippen LogP contribution in [0.3, 0.4) is 0 Å². The molecule has 19 heavy (non-hydrogen) atoms. The van der Waals surface area contributed by atoms with Gasteiger partial charge in [0.15, 0.2) is 0 Å². The maximum atomic E-state index is 13.4. The second-order valence-corrected chi connectivity index (χ2v) is 7.40. The van der Waals surface area contributed by atoms with E-state index < -0.39 is 15.8 Å². The van der Waals surface area contributed by atoms with Gasteiger partial charge >= 0.3 is 0 Å². The highest BCUT2D eigenvalue weighted by Crippen LogP contribution is 2.31. The first-order valence-corrected chi connectivity index (χ1v) is 7.89. The van der Waals surface area contributed by atoms with Crippen LogP contribution < -0.4 is 5.32 Å². The number of rotatable bonds is 2. The minimum Gasteiger partial charge on any atom is -0.316 e. The third kappa shape index (κ3) is 2.28. The molecule has 1 aromatic rings. The smallest absolute Gasteiger partial charge is 0.243 e. The number of nitrogens with one attached hydrogen (secondary N) is 1. The Morgan fingerprint density at radius 2 is 1.84 bits per heavy atom. The van der Waals surface area contributed by atoms with Crippen molar-refractivity contribution in [1.82, 2.24) is 9.62 Å². The Morgan fingerprint density at radius 3 is 2.42 bits per heavy atom. The molecule has 4 nitrogen and oxygen atoms in total. The van der Waals surface area contributed by atoms with Crippen LogP contribution in [0.15, 0.2) is 23.1 Å². The Hall–Kier alpha value is -0.980. The highest BCUT2D eigenvalue weighted by atomic mass is 32.2. The highest BCUT2D eigenvalue weighted by Gasteiger charge is 2.41. The minimum absolute atomic E-state index is 0.0675. The topological polar surface area (TPSA) is 49.4 Å². The average molecular weight is 284 g/mol. The van der Waals surface area contributed by atoms with Gasteiger partial charge in [0.1, 0.15) is 5.82 Å². The summed E-state index contributed by atoms with van der Waals surface area (Å²) in [4.78, 5) is 0.0675. The lowest BCUT2D eigenvalue weighted by atomic mass is 10.0. The second kappa shape index (κ2) is 4.54. The Morgan fingerprint density at radius 1 is 1.21 bits per heavy atom. The first kappa shape index (κ1) is 13.0. The lowest BCUT2D eigenvalue weighted by Crippen LogP contribution is -2.32. The third-order valence-corrected chi connectivity index (χ3v) is 5.82. The molecule has 1 aromatic carbocycles. The first-order chi connectivity index (χ1) is 8.96. The number of halogens is 1. The van der Waals surface area contributed by atoms with Gasteiger partial charge in [-0.05, 0) is 55.6 Å². The fourth-order valence-electron chi connectivity index (χ4n) is 3.01. The van der Waals surface area contributed by atoms with Gasteiger partial charge in [-0.25, -0.2) is 12.8 Å². The van der Waals surface area contributed by atoms with Crippen molar-refractivity contribution in [1.29, 1.82) is 0 Å². The van der Waals surface area contributed by atoms with Crippen LogP contribution in [0.1, 0.15) is 5.56 Å². The molecular weight excluding hydrogens is 267 g/mol. The number of sulfonamides is 1. The van der Waals surface area contributed by atoms with Crippen LogP contribution in [0.2, 0.25) is 0 Å². The molecule has 0 saturated carbocycles. The quantitative estimate of drug-likeness (QED) is 0.880. The van der Waals surface area contributed by atoms with Gasteiger partial charge in [0.25, 0.3) is 0 Å².